The maximum atomic E-state index is 12.5. The standard InChI is InChI=1S/C12H15IN2O4S/c1-19-12-3-2-10(8-11(12)13)20(17,18)15-6-4-14(9-16)5-7-15/h2-3,8-9H,4-7H2,1H3. The first kappa shape index (κ1) is 15.5. The molecule has 1 saturated heterocycles. The van der Waals surface area contributed by atoms with E-state index in [-0.39, 0.29) is 4.90 Å². The summed E-state index contributed by atoms with van der Waals surface area (Å²) in [5.74, 6) is 0.648. The molecule has 0 bridgehead atoms. The zero-order chi connectivity index (χ0) is 14.8. The smallest absolute Gasteiger partial charge is 0.243 e. The van der Waals surface area contributed by atoms with E-state index in [1.807, 2.05) is 22.6 Å². The van der Waals surface area contributed by atoms with Crippen molar-refractivity contribution in [3.05, 3.63) is 21.8 Å². The second-order valence-corrected chi connectivity index (χ2v) is 7.44. The van der Waals surface area contributed by atoms with Crippen LogP contribution in [0.25, 0.3) is 0 Å². The van der Waals surface area contributed by atoms with E-state index >= 15 is 0 Å². The first-order chi connectivity index (χ1) is 9.48. The van der Waals surface area contributed by atoms with Gasteiger partial charge >= 0.3 is 0 Å². The molecule has 1 aliphatic heterocycles. The van der Waals surface area contributed by atoms with Crippen molar-refractivity contribution in [2.45, 2.75) is 4.90 Å². The topological polar surface area (TPSA) is 66.9 Å². The molecular formula is C12H15IN2O4S. The number of hydrogen-bond donors (Lipinski definition) is 0. The Hall–Kier alpha value is -0.870. The van der Waals surface area contributed by atoms with Gasteiger partial charge < -0.3 is 9.64 Å². The largest absolute Gasteiger partial charge is 0.496 e. The molecule has 0 atom stereocenters. The minimum Gasteiger partial charge on any atom is -0.496 e. The number of carbonyl (C=O) groups is 1. The van der Waals surface area contributed by atoms with Crippen molar-refractivity contribution < 1.29 is 17.9 Å². The first-order valence-corrected chi connectivity index (χ1v) is 8.54. The minimum atomic E-state index is -3.51. The summed E-state index contributed by atoms with van der Waals surface area (Å²) in [5.41, 5.74) is 0. The molecule has 1 heterocycles. The monoisotopic (exact) mass is 410 g/mol. The lowest BCUT2D eigenvalue weighted by Crippen LogP contribution is -2.47. The quantitative estimate of drug-likeness (QED) is 0.543. The predicted octanol–water partition coefficient (Wildman–Crippen LogP) is 0.762. The Morgan fingerprint density at radius 1 is 1.25 bits per heavy atom. The number of nitrogens with zero attached hydrogens (tertiary/aromatic N) is 2. The van der Waals surface area contributed by atoms with E-state index in [1.54, 1.807) is 30.2 Å². The van der Waals surface area contributed by atoms with Crippen molar-refractivity contribution in [1.82, 2.24) is 9.21 Å². The Bertz CT molecular complexity index is 597. The number of ether oxygens (including phenoxy) is 1. The summed E-state index contributed by atoms with van der Waals surface area (Å²) in [6.07, 6.45) is 0.750. The average molecular weight is 410 g/mol. The molecule has 0 unspecified atom stereocenters. The molecule has 0 spiro atoms. The van der Waals surface area contributed by atoms with E-state index in [0.29, 0.717) is 31.9 Å². The van der Waals surface area contributed by atoms with E-state index in [2.05, 4.69) is 0 Å². The van der Waals surface area contributed by atoms with E-state index in [9.17, 15) is 13.2 Å². The molecule has 6 nitrogen and oxygen atoms in total. The van der Waals surface area contributed by atoms with Crippen LogP contribution in [0.1, 0.15) is 0 Å². The minimum absolute atomic E-state index is 0.252. The van der Waals surface area contributed by atoms with Gasteiger partial charge in [0.1, 0.15) is 5.75 Å². The van der Waals surface area contributed by atoms with E-state index < -0.39 is 10.0 Å². The number of piperazine rings is 1. The van der Waals surface area contributed by atoms with Crippen molar-refractivity contribution in [3.63, 3.8) is 0 Å². The van der Waals surface area contributed by atoms with Crippen molar-refractivity contribution in [1.29, 1.82) is 0 Å². The summed E-state index contributed by atoms with van der Waals surface area (Å²) in [5, 5.41) is 0. The molecule has 8 heteroatoms. The zero-order valence-corrected chi connectivity index (χ0v) is 13.9. The Balaban J connectivity index is 2.22. The molecule has 1 fully saturated rings. The van der Waals surface area contributed by atoms with Crippen LogP contribution in [0.3, 0.4) is 0 Å². The van der Waals surface area contributed by atoms with Crippen molar-refractivity contribution >= 4 is 39.0 Å². The number of halogens is 1. The molecule has 0 saturated carbocycles. The van der Waals surface area contributed by atoms with Gasteiger partial charge in [-0.2, -0.15) is 4.31 Å². The fraction of sp³-hybridized carbons (Fsp3) is 0.417. The van der Waals surface area contributed by atoms with Crippen LogP contribution >= 0.6 is 22.6 Å². The molecule has 1 aromatic rings. The van der Waals surface area contributed by atoms with Crippen molar-refractivity contribution in [2.75, 3.05) is 33.3 Å². The molecule has 2 rings (SSSR count). The Kier molecular flexibility index (Phi) is 4.86. The Morgan fingerprint density at radius 2 is 1.90 bits per heavy atom. The lowest BCUT2D eigenvalue weighted by Gasteiger charge is -2.31. The van der Waals surface area contributed by atoms with Crippen molar-refractivity contribution in [3.8, 4) is 5.75 Å². The highest BCUT2D eigenvalue weighted by Gasteiger charge is 2.28. The predicted molar refractivity (Wildman–Crippen MR) is 82.1 cm³/mol. The van der Waals surface area contributed by atoms with Crippen LogP contribution in [-0.2, 0) is 14.8 Å². The number of sulfonamides is 1. The Labute approximate surface area is 131 Å². The molecule has 0 radical (unpaired) electrons. The van der Waals surface area contributed by atoms with Gasteiger partial charge in [0.15, 0.2) is 0 Å². The normalized spacial score (nSPS) is 17.0. The molecule has 0 aliphatic carbocycles. The molecular weight excluding hydrogens is 395 g/mol. The van der Waals surface area contributed by atoms with Crippen LogP contribution in [0.2, 0.25) is 0 Å². The maximum absolute atomic E-state index is 12.5. The fourth-order valence-electron chi connectivity index (χ4n) is 2.01. The van der Waals surface area contributed by atoms with Gasteiger partial charge in [-0.05, 0) is 40.8 Å². The molecule has 0 N–H and O–H groups in total. The summed E-state index contributed by atoms with van der Waals surface area (Å²) in [7, 11) is -1.96. The molecule has 1 aliphatic rings. The number of methoxy groups -OCH3 is 1. The fourth-order valence-corrected chi connectivity index (χ4v) is 4.40. The zero-order valence-electron chi connectivity index (χ0n) is 11.0. The average Bonchev–Trinajstić information content (AvgIpc) is 2.47. The maximum Gasteiger partial charge on any atom is 0.243 e. The second-order valence-electron chi connectivity index (χ2n) is 4.34. The summed E-state index contributed by atoms with van der Waals surface area (Å²) >= 11 is 2.04. The third kappa shape index (κ3) is 3.07. The highest BCUT2D eigenvalue weighted by Crippen LogP contribution is 2.26. The Morgan fingerprint density at radius 3 is 2.40 bits per heavy atom. The van der Waals surface area contributed by atoms with E-state index in [1.165, 1.54) is 4.31 Å². The van der Waals surface area contributed by atoms with Gasteiger partial charge in [0.25, 0.3) is 0 Å². The lowest BCUT2D eigenvalue weighted by molar-refractivity contribution is -0.119. The summed E-state index contributed by atoms with van der Waals surface area (Å²) in [4.78, 5) is 12.5. The highest BCUT2D eigenvalue weighted by atomic mass is 127. The molecule has 1 amide bonds. The van der Waals surface area contributed by atoms with Gasteiger partial charge in [-0.1, -0.05) is 0 Å². The second kappa shape index (κ2) is 6.27. The molecule has 110 valence electrons. The number of benzene rings is 1. The van der Waals surface area contributed by atoms with Gasteiger partial charge in [-0.3, -0.25) is 4.79 Å². The lowest BCUT2D eigenvalue weighted by atomic mass is 10.3. The first-order valence-electron chi connectivity index (χ1n) is 6.02. The number of amides is 1. The van der Waals surface area contributed by atoms with Gasteiger partial charge in [-0.25, -0.2) is 8.42 Å². The van der Waals surface area contributed by atoms with Crippen molar-refractivity contribution in [2.24, 2.45) is 0 Å². The third-order valence-electron chi connectivity index (χ3n) is 3.18. The van der Waals surface area contributed by atoms with Crippen LogP contribution < -0.4 is 4.74 Å². The van der Waals surface area contributed by atoms with Crippen LogP contribution in [0, 0.1) is 3.57 Å². The van der Waals surface area contributed by atoms with Gasteiger partial charge in [0, 0.05) is 26.2 Å². The third-order valence-corrected chi connectivity index (χ3v) is 5.92. The van der Waals surface area contributed by atoms with Crippen LogP contribution in [0.4, 0.5) is 0 Å². The number of rotatable bonds is 4. The van der Waals surface area contributed by atoms with Gasteiger partial charge in [0.2, 0.25) is 16.4 Å². The van der Waals surface area contributed by atoms with E-state index in [4.69, 9.17) is 4.74 Å². The number of hydrogen-bond acceptors (Lipinski definition) is 4. The van der Waals surface area contributed by atoms with Crippen LogP contribution in [0.5, 0.6) is 5.75 Å². The molecule has 20 heavy (non-hydrogen) atoms. The summed E-state index contributed by atoms with van der Waals surface area (Å²) in [6, 6.07) is 4.79. The summed E-state index contributed by atoms with van der Waals surface area (Å²) < 4.78 is 32.3. The SMILES string of the molecule is COc1ccc(S(=O)(=O)N2CCN(C=O)CC2)cc1I. The highest BCUT2D eigenvalue weighted by molar-refractivity contribution is 14.1. The van der Waals surface area contributed by atoms with E-state index in [0.717, 1.165) is 9.98 Å². The van der Waals surface area contributed by atoms with Crippen LogP contribution in [-0.4, -0.2) is 57.3 Å². The summed E-state index contributed by atoms with van der Waals surface area (Å²) in [6.45, 7) is 1.50. The molecule has 1 aromatic carbocycles. The van der Waals surface area contributed by atoms with Crippen LogP contribution in [0.15, 0.2) is 23.1 Å². The number of carbonyl (C=O) groups excluding carboxylic acids is 1. The molecule has 0 aromatic heterocycles. The van der Waals surface area contributed by atoms with Gasteiger partial charge in [0.05, 0.1) is 15.6 Å². The van der Waals surface area contributed by atoms with Gasteiger partial charge in [-0.15, -0.1) is 0 Å².